The van der Waals surface area contributed by atoms with E-state index in [1.165, 1.54) is 6.08 Å². The lowest BCUT2D eigenvalue weighted by Gasteiger charge is -2.04. The molecule has 0 aliphatic carbocycles. The van der Waals surface area contributed by atoms with Crippen molar-refractivity contribution in [2.24, 2.45) is 0 Å². The number of carbonyl (C=O) groups excluding carboxylic acids is 1. The Hall–Kier alpha value is -2.60. The third kappa shape index (κ3) is 7.83. The van der Waals surface area contributed by atoms with Gasteiger partial charge in [0.05, 0.1) is 10.2 Å². The second kappa shape index (κ2) is 11.9. The smallest absolute Gasteiger partial charge is 0.239 e. The highest BCUT2D eigenvalue weighted by molar-refractivity contribution is 8.01. The molecule has 1 amide bonds. The quantitative estimate of drug-likeness (QED) is 0.243. The predicted octanol–water partition coefficient (Wildman–Crippen LogP) is 5.61. The number of nitrogens with one attached hydrogen (secondary N) is 1. The summed E-state index contributed by atoms with van der Waals surface area (Å²) in [7, 11) is -3.67. The number of fused-ring (bicyclic) bond motifs is 1. The van der Waals surface area contributed by atoms with Gasteiger partial charge in [-0.15, -0.1) is 23.2 Å². The number of rotatable bonds is 9. The third-order valence-corrected chi connectivity index (χ3v) is 7.58. The maximum atomic E-state index is 12.3. The Morgan fingerprint density at radius 1 is 1.16 bits per heavy atom. The Morgan fingerprint density at radius 2 is 1.94 bits per heavy atom. The van der Waals surface area contributed by atoms with Crippen molar-refractivity contribution in [3.05, 3.63) is 59.5 Å². The maximum absolute atomic E-state index is 12.3. The summed E-state index contributed by atoms with van der Waals surface area (Å²) in [6, 6.07) is 14.5. The van der Waals surface area contributed by atoms with Crippen molar-refractivity contribution in [3.8, 4) is 11.8 Å². The molecule has 8 heteroatoms. The van der Waals surface area contributed by atoms with Crippen LogP contribution in [-0.2, 0) is 14.6 Å². The number of hydrogen-bond donors (Lipinski definition) is 1. The second-order valence-corrected chi connectivity index (χ2v) is 11.2. The first kappa shape index (κ1) is 24.1. The fraction of sp³-hybridized carbons (Fsp3) is 0.250. The monoisotopic (exact) mass is 484 g/mol. The summed E-state index contributed by atoms with van der Waals surface area (Å²) in [6.07, 6.45) is 4.33. The van der Waals surface area contributed by atoms with Crippen LogP contribution < -0.4 is 5.32 Å². The van der Waals surface area contributed by atoms with Crippen LogP contribution in [0.2, 0.25) is 0 Å². The average molecular weight is 485 g/mol. The number of anilines is 1. The minimum atomic E-state index is -3.67. The highest BCUT2D eigenvalue weighted by Gasteiger charge is 2.14. The molecule has 0 aliphatic heterocycles. The first-order valence-electron chi connectivity index (χ1n) is 10.2. The number of benzene rings is 2. The Balaban J connectivity index is 1.56. The number of hydrogen-bond acceptors (Lipinski definition) is 6. The minimum Gasteiger partial charge on any atom is -0.325 e. The molecule has 0 atom stereocenters. The van der Waals surface area contributed by atoms with E-state index >= 15 is 0 Å². The van der Waals surface area contributed by atoms with Crippen LogP contribution in [0, 0.1) is 11.8 Å². The van der Waals surface area contributed by atoms with Crippen LogP contribution in [0.5, 0.6) is 0 Å². The molecule has 0 radical (unpaired) electrons. The van der Waals surface area contributed by atoms with Crippen molar-refractivity contribution in [3.63, 3.8) is 0 Å². The number of thioether (sulfide) groups is 1. The van der Waals surface area contributed by atoms with Gasteiger partial charge in [-0.25, -0.2) is 13.4 Å². The summed E-state index contributed by atoms with van der Waals surface area (Å²) in [6.45, 7) is 2.11. The van der Waals surface area contributed by atoms with Gasteiger partial charge in [0, 0.05) is 29.7 Å². The Kier molecular flexibility index (Phi) is 8.91. The first-order valence-corrected chi connectivity index (χ1v) is 13.7. The van der Waals surface area contributed by atoms with Gasteiger partial charge in [0.1, 0.15) is 5.75 Å². The zero-order valence-electron chi connectivity index (χ0n) is 17.7. The molecule has 0 saturated carbocycles. The number of thiazole rings is 1. The van der Waals surface area contributed by atoms with Gasteiger partial charge in [-0.05, 0) is 36.3 Å². The molecule has 32 heavy (non-hydrogen) atoms. The third-order valence-electron chi connectivity index (χ3n) is 4.20. The van der Waals surface area contributed by atoms with E-state index in [1.54, 1.807) is 41.3 Å². The van der Waals surface area contributed by atoms with E-state index < -0.39 is 21.5 Å². The van der Waals surface area contributed by atoms with Gasteiger partial charge >= 0.3 is 0 Å². The molecule has 5 nitrogen and oxygen atoms in total. The van der Waals surface area contributed by atoms with Crippen LogP contribution in [0.25, 0.3) is 16.3 Å². The van der Waals surface area contributed by atoms with E-state index in [0.29, 0.717) is 5.69 Å². The number of sulfone groups is 1. The van der Waals surface area contributed by atoms with Gasteiger partial charge in [-0.1, -0.05) is 49.0 Å². The lowest BCUT2D eigenvalue weighted by Crippen LogP contribution is -2.21. The molecular formula is C24H24N2O3S3. The number of nitrogens with zero attached hydrogens (tertiary/aromatic N) is 1. The van der Waals surface area contributed by atoms with Gasteiger partial charge in [0.25, 0.3) is 0 Å². The number of carbonyl (C=O) groups is 1. The molecule has 166 valence electrons. The predicted molar refractivity (Wildman–Crippen MR) is 136 cm³/mol. The maximum Gasteiger partial charge on any atom is 0.239 e. The molecule has 1 aromatic heterocycles. The van der Waals surface area contributed by atoms with Crippen molar-refractivity contribution < 1.29 is 13.2 Å². The van der Waals surface area contributed by atoms with E-state index in [-0.39, 0.29) is 0 Å². The van der Waals surface area contributed by atoms with Crippen molar-refractivity contribution in [2.75, 3.05) is 16.8 Å². The van der Waals surface area contributed by atoms with Crippen molar-refractivity contribution >= 4 is 60.8 Å². The van der Waals surface area contributed by atoms with Crippen LogP contribution >= 0.6 is 23.1 Å². The van der Waals surface area contributed by atoms with E-state index in [4.69, 9.17) is 0 Å². The number of amides is 1. The molecule has 1 N–H and O–H groups in total. The number of unbranched alkanes of at least 4 members (excludes halogenated alkanes) is 1. The van der Waals surface area contributed by atoms with E-state index in [1.807, 2.05) is 30.3 Å². The van der Waals surface area contributed by atoms with Crippen LogP contribution in [0.15, 0.2) is 58.3 Å². The SMILES string of the molecule is CCCC#CCCSc1nc2ccc(NC(=O)CS(=O)(=O)C=Cc3ccccc3)cc2s1. The number of aromatic nitrogens is 1. The molecule has 0 spiro atoms. The lowest BCUT2D eigenvalue weighted by atomic mass is 10.2. The van der Waals surface area contributed by atoms with Gasteiger partial charge < -0.3 is 5.32 Å². The van der Waals surface area contributed by atoms with Gasteiger partial charge in [-0.3, -0.25) is 4.79 Å². The van der Waals surface area contributed by atoms with Gasteiger partial charge in [0.15, 0.2) is 14.2 Å². The second-order valence-electron chi connectivity index (χ2n) is 6.93. The molecule has 3 aromatic rings. The fourth-order valence-corrected chi connectivity index (χ4v) is 5.64. The van der Waals surface area contributed by atoms with Crippen LogP contribution in [0.3, 0.4) is 0 Å². The normalized spacial score (nSPS) is 11.4. The molecule has 0 bridgehead atoms. The Morgan fingerprint density at radius 3 is 2.72 bits per heavy atom. The van der Waals surface area contributed by atoms with Gasteiger partial charge in [-0.2, -0.15) is 0 Å². The molecule has 0 saturated heterocycles. The standard InChI is InChI=1S/C24H24N2O3S3/c1-2-3-4-5-9-15-30-24-26-21-13-12-20(17-22(21)31-24)25-23(27)18-32(28,29)16-14-19-10-7-6-8-11-19/h6-8,10-14,16-17H,2-3,9,15,18H2,1H3,(H,25,27). The Bertz CT molecular complexity index is 1250. The zero-order valence-corrected chi connectivity index (χ0v) is 20.2. The van der Waals surface area contributed by atoms with Crippen molar-refractivity contribution in [1.82, 2.24) is 4.98 Å². The van der Waals surface area contributed by atoms with Gasteiger partial charge in [0.2, 0.25) is 5.91 Å². The van der Waals surface area contributed by atoms with Crippen molar-refractivity contribution in [1.29, 1.82) is 0 Å². The lowest BCUT2D eigenvalue weighted by molar-refractivity contribution is -0.113. The summed E-state index contributed by atoms with van der Waals surface area (Å²) in [5, 5.41) is 3.75. The van der Waals surface area contributed by atoms with E-state index in [0.717, 1.165) is 50.5 Å². The molecule has 0 fully saturated rings. The summed E-state index contributed by atoms with van der Waals surface area (Å²) in [5.74, 6) is 5.99. The summed E-state index contributed by atoms with van der Waals surface area (Å²) < 4.78 is 26.4. The van der Waals surface area contributed by atoms with E-state index in [9.17, 15) is 13.2 Å². The average Bonchev–Trinajstić information content (AvgIpc) is 3.17. The largest absolute Gasteiger partial charge is 0.325 e. The molecule has 2 aromatic carbocycles. The highest BCUT2D eigenvalue weighted by atomic mass is 32.2. The van der Waals surface area contributed by atoms with Crippen LogP contribution in [0.1, 0.15) is 31.7 Å². The Labute approximate surface area is 197 Å². The highest BCUT2D eigenvalue weighted by Crippen LogP contribution is 2.31. The molecule has 1 heterocycles. The molecule has 0 unspecified atom stereocenters. The van der Waals surface area contributed by atoms with Crippen LogP contribution in [0.4, 0.5) is 5.69 Å². The fourth-order valence-electron chi connectivity index (χ4n) is 2.71. The van der Waals surface area contributed by atoms with E-state index in [2.05, 4.69) is 29.1 Å². The summed E-state index contributed by atoms with van der Waals surface area (Å²) in [5.41, 5.74) is 2.16. The minimum absolute atomic E-state index is 0.551. The first-order chi connectivity index (χ1) is 15.4. The summed E-state index contributed by atoms with van der Waals surface area (Å²) in [4.78, 5) is 16.9. The molecule has 3 rings (SSSR count). The molecule has 0 aliphatic rings. The summed E-state index contributed by atoms with van der Waals surface area (Å²) >= 11 is 3.21. The zero-order chi connectivity index (χ0) is 22.8. The molecular weight excluding hydrogens is 460 g/mol. The van der Waals surface area contributed by atoms with Crippen LogP contribution in [-0.4, -0.2) is 30.8 Å². The topological polar surface area (TPSA) is 76.1 Å². The van der Waals surface area contributed by atoms with Crippen molar-refractivity contribution in [2.45, 2.75) is 30.5 Å².